The molecule has 4 heteroatoms. The molecule has 2 aliphatic carbocycles. The van der Waals surface area contributed by atoms with Gasteiger partial charge >= 0.3 is 0 Å². The zero-order chi connectivity index (χ0) is 17.9. The van der Waals surface area contributed by atoms with E-state index in [-0.39, 0.29) is 11.8 Å². The number of carbonyl (C=O) groups excluding carboxylic acids is 1. The van der Waals surface area contributed by atoms with Gasteiger partial charge in [0.05, 0.1) is 0 Å². The van der Waals surface area contributed by atoms with Crippen LogP contribution in [0.5, 0.6) is 0 Å². The molecule has 1 amide bonds. The van der Waals surface area contributed by atoms with Crippen LogP contribution in [0.1, 0.15) is 56.9 Å². The number of anilines is 1. The summed E-state index contributed by atoms with van der Waals surface area (Å²) in [4.78, 5) is 15.3. The molecule has 1 saturated heterocycles. The Bertz CT molecular complexity index is 612. The molecule has 1 aromatic rings. The normalized spacial score (nSPS) is 31.5. The predicted molar refractivity (Wildman–Crippen MR) is 106 cm³/mol. The van der Waals surface area contributed by atoms with Crippen LogP contribution in [0.15, 0.2) is 24.3 Å². The molecule has 0 spiro atoms. The summed E-state index contributed by atoms with van der Waals surface area (Å²) in [7, 11) is 0. The predicted octanol–water partition coefficient (Wildman–Crippen LogP) is 3.45. The van der Waals surface area contributed by atoms with Gasteiger partial charge in [-0.3, -0.25) is 4.79 Å². The highest BCUT2D eigenvalue weighted by atomic mass is 16.1. The van der Waals surface area contributed by atoms with Gasteiger partial charge in [0.25, 0.3) is 0 Å². The van der Waals surface area contributed by atoms with E-state index >= 15 is 0 Å². The standard InChI is InChI=1S/C22H33N3O/c23-21-16-8-6-9-17(21)14-19(13-16)22(26)24-15-18-7-2-3-10-20(18)25-11-4-1-5-12-25/h2-3,7,10,16-17,19,21H,1,4-6,8-9,11-15,23H2,(H,24,26). The Balaban J connectivity index is 1.37. The van der Waals surface area contributed by atoms with E-state index in [0.29, 0.717) is 24.4 Å². The number of amides is 1. The average molecular weight is 356 g/mol. The van der Waals surface area contributed by atoms with Crippen molar-refractivity contribution < 1.29 is 4.79 Å². The molecule has 4 rings (SSSR count). The molecular formula is C22H33N3O. The summed E-state index contributed by atoms with van der Waals surface area (Å²) in [5, 5.41) is 3.25. The molecule has 2 unspecified atom stereocenters. The molecule has 3 aliphatic rings. The van der Waals surface area contributed by atoms with Gasteiger partial charge in [-0.05, 0) is 68.4 Å². The number of fused-ring (bicyclic) bond motifs is 2. The fourth-order valence-electron chi connectivity index (χ4n) is 5.43. The number of hydrogen-bond donors (Lipinski definition) is 2. The van der Waals surface area contributed by atoms with E-state index in [1.807, 2.05) is 0 Å². The lowest BCUT2D eigenvalue weighted by Crippen LogP contribution is -2.49. The molecule has 3 fully saturated rings. The highest BCUT2D eigenvalue weighted by Crippen LogP contribution is 2.41. The second-order valence-corrected chi connectivity index (χ2v) is 8.59. The smallest absolute Gasteiger partial charge is 0.223 e. The molecule has 2 saturated carbocycles. The van der Waals surface area contributed by atoms with Crippen molar-refractivity contribution in [3.8, 4) is 0 Å². The number of nitrogens with one attached hydrogen (secondary N) is 1. The Morgan fingerprint density at radius 3 is 2.46 bits per heavy atom. The number of piperidine rings is 1. The fourth-order valence-corrected chi connectivity index (χ4v) is 5.43. The van der Waals surface area contributed by atoms with Gasteiger partial charge in [-0.2, -0.15) is 0 Å². The maximum Gasteiger partial charge on any atom is 0.223 e. The first-order chi connectivity index (χ1) is 12.7. The molecule has 26 heavy (non-hydrogen) atoms. The Hall–Kier alpha value is -1.55. The largest absolute Gasteiger partial charge is 0.371 e. The van der Waals surface area contributed by atoms with E-state index in [9.17, 15) is 4.79 Å². The van der Waals surface area contributed by atoms with Gasteiger partial charge in [0.1, 0.15) is 0 Å². The minimum Gasteiger partial charge on any atom is -0.371 e. The number of rotatable bonds is 4. The van der Waals surface area contributed by atoms with E-state index in [1.165, 1.54) is 49.8 Å². The molecule has 1 heterocycles. The first-order valence-electron chi connectivity index (χ1n) is 10.6. The van der Waals surface area contributed by atoms with Crippen molar-refractivity contribution in [3.05, 3.63) is 29.8 Å². The molecule has 1 aliphatic heterocycles. The molecular weight excluding hydrogens is 322 g/mol. The van der Waals surface area contributed by atoms with Crippen molar-refractivity contribution in [2.24, 2.45) is 23.5 Å². The zero-order valence-electron chi connectivity index (χ0n) is 15.8. The molecule has 3 N–H and O–H groups in total. The van der Waals surface area contributed by atoms with Gasteiger partial charge in [-0.25, -0.2) is 0 Å². The number of benzene rings is 1. The van der Waals surface area contributed by atoms with Crippen molar-refractivity contribution in [1.29, 1.82) is 0 Å². The van der Waals surface area contributed by atoms with Crippen LogP contribution in [0, 0.1) is 17.8 Å². The lowest BCUT2D eigenvalue weighted by molar-refractivity contribution is -0.128. The van der Waals surface area contributed by atoms with Crippen LogP contribution in [-0.2, 0) is 11.3 Å². The van der Waals surface area contributed by atoms with Gasteiger partial charge in [-0.15, -0.1) is 0 Å². The van der Waals surface area contributed by atoms with E-state index in [1.54, 1.807) is 0 Å². The molecule has 142 valence electrons. The molecule has 1 aromatic carbocycles. The SMILES string of the molecule is NC1C2CCCC1CC(C(=O)NCc1ccccc1N1CCCCC1)C2. The zero-order valence-corrected chi connectivity index (χ0v) is 15.8. The van der Waals surface area contributed by atoms with Crippen molar-refractivity contribution in [1.82, 2.24) is 5.32 Å². The molecule has 4 nitrogen and oxygen atoms in total. The third-order valence-corrected chi connectivity index (χ3v) is 6.93. The monoisotopic (exact) mass is 355 g/mol. The molecule has 0 radical (unpaired) electrons. The highest BCUT2D eigenvalue weighted by Gasteiger charge is 2.40. The first kappa shape index (κ1) is 17.8. The molecule has 2 bridgehead atoms. The Labute approximate surface area is 157 Å². The Kier molecular flexibility index (Phi) is 5.49. The van der Waals surface area contributed by atoms with Crippen LogP contribution >= 0.6 is 0 Å². The van der Waals surface area contributed by atoms with Crippen LogP contribution in [0.3, 0.4) is 0 Å². The van der Waals surface area contributed by atoms with Crippen LogP contribution in [0.4, 0.5) is 5.69 Å². The lowest BCUT2D eigenvalue weighted by atomic mass is 9.65. The van der Waals surface area contributed by atoms with Crippen LogP contribution in [0.25, 0.3) is 0 Å². The summed E-state index contributed by atoms with van der Waals surface area (Å²) in [5.41, 5.74) is 8.92. The van der Waals surface area contributed by atoms with Crippen molar-refractivity contribution >= 4 is 11.6 Å². The Morgan fingerprint density at radius 2 is 1.73 bits per heavy atom. The highest BCUT2D eigenvalue weighted by molar-refractivity contribution is 5.79. The summed E-state index contributed by atoms with van der Waals surface area (Å²) >= 11 is 0. The quantitative estimate of drug-likeness (QED) is 0.870. The van der Waals surface area contributed by atoms with Crippen LogP contribution in [0.2, 0.25) is 0 Å². The summed E-state index contributed by atoms with van der Waals surface area (Å²) in [6.45, 7) is 2.91. The number of para-hydroxylation sites is 1. The van der Waals surface area contributed by atoms with E-state index in [0.717, 1.165) is 25.9 Å². The third kappa shape index (κ3) is 3.75. The van der Waals surface area contributed by atoms with Crippen LogP contribution in [-0.4, -0.2) is 25.0 Å². The van der Waals surface area contributed by atoms with Gasteiger partial charge in [-0.1, -0.05) is 24.6 Å². The molecule has 0 aromatic heterocycles. The third-order valence-electron chi connectivity index (χ3n) is 6.93. The minimum absolute atomic E-state index is 0.159. The number of carbonyl (C=O) groups is 1. The van der Waals surface area contributed by atoms with Crippen molar-refractivity contribution in [3.63, 3.8) is 0 Å². The summed E-state index contributed by atoms with van der Waals surface area (Å²) in [6, 6.07) is 8.89. The van der Waals surface area contributed by atoms with Crippen molar-refractivity contribution in [2.75, 3.05) is 18.0 Å². The number of hydrogen-bond acceptors (Lipinski definition) is 3. The number of nitrogens with two attached hydrogens (primary N) is 1. The maximum atomic E-state index is 12.8. The van der Waals surface area contributed by atoms with E-state index in [4.69, 9.17) is 5.73 Å². The second kappa shape index (κ2) is 7.99. The number of nitrogens with zero attached hydrogens (tertiary/aromatic N) is 1. The Morgan fingerprint density at radius 1 is 1.04 bits per heavy atom. The van der Waals surface area contributed by atoms with Gasteiger partial charge in [0, 0.05) is 37.3 Å². The summed E-state index contributed by atoms with van der Waals surface area (Å²) < 4.78 is 0. The average Bonchev–Trinajstić information content (AvgIpc) is 2.67. The van der Waals surface area contributed by atoms with Crippen LogP contribution < -0.4 is 16.0 Å². The first-order valence-corrected chi connectivity index (χ1v) is 10.6. The topological polar surface area (TPSA) is 58.4 Å². The second-order valence-electron chi connectivity index (χ2n) is 8.59. The van der Waals surface area contributed by atoms with Gasteiger partial charge < -0.3 is 16.0 Å². The van der Waals surface area contributed by atoms with Crippen molar-refractivity contribution in [2.45, 2.75) is 64.0 Å². The minimum atomic E-state index is 0.159. The lowest BCUT2D eigenvalue weighted by Gasteiger charge is -2.43. The maximum absolute atomic E-state index is 12.8. The van der Waals surface area contributed by atoms with E-state index < -0.39 is 0 Å². The van der Waals surface area contributed by atoms with E-state index in [2.05, 4.69) is 34.5 Å². The molecule has 2 atom stereocenters. The fraction of sp³-hybridized carbons (Fsp3) is 0.682. The summed E-state index contributed by atoms with van der Waals surface area (Å²) in [6.07, 6.45) is 9.55. The summed E-state index contributed by atoms with van der Waals surface area (Å²) in [5.74, 6) is 1.51. The van der Waals surface area contributed by atoms with Gasteiger partial charge in [0.2, 0.25) is 5.91 Å². The van der Waals surface area contributed by atoms with Gasteiger partial charge in [0.15, 0.2) is 0 Å².